The number of aliphatic hydroxyl groups is 1. The van der Waals surface area contributed by atoms with E-state index in [1.807, 2.05) is 25.1 Å². The lowest BCUT2D eigenvalue weighted by atomic mass is 9.93. The summed E-state index contributed by atoms with van der Waals surface area (Å²) in [5.41, 5.74) is 1.92. The second-order valence-electron chi connectivity index (χ2n) is 8.37. The van der Waals surface area contributed by atoms with Crippen LogP contribution in [0, 0.1) is 6.92 Å². The number of benzene rings is 2. The summed E-state index contributed by atoms with van der Waals surface area (Å²) in [6.45, 7) is 5.60. The van der Waals surface area contributed by atoms with Gasteiger partial charge in [-0.3, -0.25) is 14.5 Å². The van der Waals surface area contributed by atoms with Gasteiger partial charge in [0.15, 0.2) is 0 Å². The van der Waals surface area contributed by atoms with Crippen LogP contribution in [-0.4, -0.2) is 80.2 Å². The minimum Gasteiger partial charge on any atom is -0.507 e. The summed E-state index contributed by atoms with van der Waals surface area (Å²) < 4.78 is 16.2. The fourth-order valence-electron chi connectivity index (χ4n) is 4.57. The number of ketones is 1. The first-order valence-electron chi connectivity index (χ1n) is 11.3. The Balaban J connectivity index is 1.79. The first kappa shape index (κ1) is 23.8. The second-order valence-corrected chi connectivity index (χ2v) is 8.37. The van der Waals surface area contributed by atoms with Crippen molar-refractivity contribution >= 4 is 17.4 Å². The molecule has 2 fully saturated rings. The van der Waals surface area contributed by atoms with E-state index in [-0.39, 0.29) is 11.3 Å². The topological polar surface area (TPSA) is 88.5 Å². The van der Waals surface area contributed by atoms with E-state index in [1.54, 1.807) is 43.4 Å². The zero-order valence-corrected chi connectivity index (χ0v) is 19.7. The normalized spacial score (nSPS) is 20.6. The third kappa shape index (κ3) is 4.51. The van der Waals surface area contributed by atoms with E-state index in [0.717, 1.165) is 18.7 Å². The Morgan fingerprint density at radius 3 is 2.47 bits per heavy atom. The number of aliphatic hydroxyl groups excluding tert-OH is 1. The highest BCUT2D eigenvalue weighted by Crippen LogP contribution is 2.43. The molecule has 8 nitrogen and oxygen atoms in total. The van der Waals surface area contributed by atoms with Crippen LogP contribution in [0.5, 0.6) is 11.5 Å². The summed E-state index contributed by atoms with van der Waals surface area (Å²) in [7, 11) is 3.11. The average molecular weight is 467 g/mol. The molecule has 8 heteroatoms. The van der Waals surface area contributed by atoms with E-state index in [2.05, 4.69) is 4.90 Å². The van der Waals surface area contributed by atoms with Crippen LogP contribution in [0.4, 0.5) is 0 Å². The summed E-state index contributed by atoms with van der Waals surface area (Å²) >= 11 is 0. The van der Waals surface area contributed by atoms with Crippen LogP contribution in [0.1, 0.15) is 22.7 Å². The molecule has 4 rings (SSSR count). The molecule has 2 aromatic rings. The van der Waals surface area contributed by atoms with Gasteiger partial charge in [0.1, 0.15) is 17.3 Å². The fourth-order valence-corrected chi connectivity index (χ4v) is 4.57. The van der Waals surface area contributed by atoms with Crippen molar-refractivity contribution in [3.05, 3.63) is 64.7 Å². The molecular formula is C26H30N2O6. The standard InChI is InChI=1S/C26H30N2O6/c1-17-16-18(32-2)8-9-19(17)24(29)22-23(20-6-4-5-7-21(20)33-3)28(26(31)25(22)30)11-10-27-12-14-34-15-13-27/h4-9,16,23,29H,10-15H2,1-3H3/t23-/m0/s1. The number of Topliss-reactive ketones (excluding diaryl/α,β-unsaturated/α-hetero) is 1. The van der Waals surface area contributed by atoms with Crippen molar-refractivity contribution in [3.63, 3.8) is 0 Å². The first-order chi connectivity index (χ1) is 16.5. The molecule has 0 radical (unpaired) electrons. The molecule has 2 saturated heterocycles. The number of aryl methyl sites for hydroxylation is 1. The third-order valence-electron chi connectivity index (χ3n) is 6.42. The number of ether oxygens (including phenoxy) is 3. The van der Waals surface area contributed by atoms with Crippen molar-refractivity contribution in [2.24, 2.45) is 0 Å². The monoisotopic (exact) mass is 466 g/mol. The maximum Gasteiger partial charge on any atom is 0.295 e. The second kappa shape index (κ2) is 10.3. The maximum absolute atomic E-state index is 13.3. The summed E-state index contributed by atoms with van der Waals surface area (Å²) in [6.07, 6.45) is 0. The van der Waals surface area contributed by atoms with Crippen molar-refractivity contribution in [1.29, 1.82) is 0 Å². The Morgan fingerprint density at radius 2 is 1.79 bits per heavy atom. The van der Waals surface area contributed by atoms with Gasteiger partial charge in [-0.25, -0.2) is 0 Å². The third-order valence-corrected chi connectivity index (χ3v) is 6.42. The van der Waals surface area contributed by atoms with Gasteiger partial charge in [0, 0.05) is 37.3 Å². The molecule has 0 bridgehead atoms. The van der Waals surface area contributed by atoms with Crippen LogP contribution < -0.4 is 9.47 Å². The molecule has 0 aromatic heterocycles. The van der Waals surface area contributed by atoms with Crippen LogP contribution in [0.3, 0.4) is 0 Å². The molecule has 180 valence electrons. The van der Waals surface area contributed by atoms with Crippen LogP contribution in [0.2, 0.25) is 0 Å². The Kier molecular flexibility index (Phi) is 7.19. The van der Waals surface area contributed by atoms with Crippen molar-refractivity contribution in [1.82, 2.24) is 9.80 Å². The largest absolute Gasteiger partial charge is 0.507 e. The van der Waals surface area contributed by atoms with Gasteiger partial charge in [0.2, 0.25) is 0 Å². The molecule has 2 heterocycles. The number of methoxy groups -OCH3 is 2. The predicted molar refractivity (Wildman–Crippen MR) is 127 cm³/mol. The van der Waals surface area contributed by atoms with E-state index in [4.69, 9.17) is 14.2 Å². The highest BCUT2D eigenvalue weighted by Gasteiger charge is 2.47. The van der Waals surface area contributed by atoms with Crippen LogP contribution in [0.25, 0.3) is 5.76 Å². The van der Waals surface area contributed by atoms with Crippen molar-refractivity contribution in [2.45, 2.75) is 13.0 Å². The molecule has 2 aliphatic rings. The highest BCUT2D eigenvalue weighted by molar-refractivity contribution is 6.46. The minimum absolute atomic E-state index is 0.0599. The van der Waals surface area contributed by atoms with Crippen molar-refractivity contribution in [2.75, 3.05) is 53.6 Å². The number of likely N-dealkylation sites (tertiary alicyclic amines) is 1. The molecule has 0 aliphatic carbocycles. The summed E-state index contributed by atoms with van der Waals surface area (Å²) in [6, 6.07) is 11.7. The molecule has 0 saturated carbocycles. The molecule has 2 aliphatic heterocycles. The van der Waals surface area contributed by atoms with Gasteiger partial charge in [-0.1, -0.05) is 18.2 Å². The number of hydrogen-bond donors (Lipinski definition) is 1. The number of amides is 1. The molecule has 2 aromatic carbocycles. The highest BCUT2D eigenvalue weighted by atomic mass is 16.5. The van der Waals surface area contributed by atoms with E-state index in [9.17, 15) is 14.7 Å². The van der Waals surface area contributed by atoms with Crippen molar-refractivity contribution in [3.8, 4) is 11.5 Å². The zero-order valence-electron chi connectivity index (χ0n) is 19.7. The van der Waals surface area contributed by atoms with Gasteiger partial charge in [0.05, 0.1) is 39.0 Å². The molecule has 0 spiro atoms. The lowest BCUT2D eigenvalue weighted by molar-refractivity contribution is -0.140. The Labute approximate surface area is 199 Å². The molecular weight excluding hydrogens is 436 g/mol. The summed E-state index contributed by atoms with van der Waals surface area (Å²) in [4.78, 5) is 30.3. The lowest BCUT2D eigenvalue weighted by Gasteiger charge is -2.31. The number of rotatable bonds is 7. The average Bonchev–Trinajstić information content (AvgIpc) is 3.12. The van der Waals surface area contributed by atoms with E-state index in [1.165, 1.54) is 0 Å². The first-order valence-corrected chi connectivity index (χ1v) is 11.3. The molecule has 0 unspecified atom stereocenters. The van der Waals surface area contributed by atoms with E-state index < -0.39 is 17.7 Å². The fraction of sp³-hybridized carbons (Fsp3) is 0.385. The quantitative estimate of drug-likeness (QED) is 0.381. The molecule has 1 amide bonds. The van der Waals surface area contributed by atoms with Gasteiger partial charge in [-0.05, 0) is 36.8 Å². The van der Waals surface area contributed by atoms with Crippen molar-refractivity contribution < 1.29 is 28.9 Å². The Bertz CT molecular complexity index is 1110. The van der Waals surface area contributed by atoms with Gasteiger partial charge in [-0.15, -0.1) is 0 Å². The minimum atomic E-state index is -0.765. The van der Waals surface area contributed by atoms with Gasteiger partial charge in [-0.2, -0.15) is 0 Å². The maximum atomic E-state index is 13.3. The zero-order chi connectivity index (χ0) is 24.2. The molecule has 34 heavy (non-hydrogen) atoms. The Hall–Kier alpha value is -3.36. The number of hydrogen-bond acceptors (Lipinski definition) is 7. The molecule has 1 atom stereocenters. The summed E-state index contributed by atoms with van der Waals surface area (Å²) in [5.74, 6) is -0.352. The molecule has 1 N–H and O–H groups in total. The smallest absolute Gasteiger partial charge is 0.295 e. The van der Waals surface area contributed by atoms with Gasteiger partial charge in [0.25, 0.3) is 11.7 Å². The summed E-state index contributed by atoms with van der Waals surface area (Å²) in [5, 5.41) is 11.4. The van der Waals surface area contributed by atoms with Crippen LogP contribution >= 0.6 is 0 Å². The number of nitrogens with zero attached hydrogens (tertiary/aromatic N) is 2. The van der Waals surface area contributed by atoms with Crippen LogP contribution in [0.15, 0.2) is 48.0 Å². The van der Waals surface area contributed by atoms with E-state index >= 15 is 0 Å². The lowest BCUT2D eigenvalue weighted by Crippen LogP contribution is -2.42. The number of morpholine rings is 1. The van der Waals surface area contributed by atoms with Gasteiger partial charge >= 0.3 is 0 Å². The number of carbonyl (C=O) groups is 2. The van der Waals surface area contributed by atoms with Gasteiger partial charge < -0.3 is 24.2 Å². The van der Waals surface area contributed by atoms with Crippen LogP contribution in [-0.2, 0) is 14.3 Å². The van der Waals surface area contributed by atoms with E-state index in [0.29, 0.717) is 48.9 Å². The predicted octanol–water partition coefficient (Wildman–Crippen LogP) is 2.77. The number of para-hydroxylation sites is 1. The SMILES string of the molecule is COc1ccc(C(O)=C2C(=O)C(=O)N(CCN3CCOCC3)[C@H]2c2ccccc2OC)c(C)c1. The Morgan fingerprint density at radius 1 is 1.06 bits per heavy atom. The number of carbonyl (C=O) groups excluding carboxylic acids is 2.